The molecule has 0 spiro atoms. The fourth-order valence-corrected chi connectivity index (χ4v) is 1.16. The predicted octanol–water partition coefficient (Wildman–Crippen LogP) is 2.59. The number of hydrogen-bond acceptors (Lipinski definition) is 1. The Morgan fingerprint density at radius 3 is 2.27 bits per heavy atom. The molecule has 0 aliphatic carbocycles. The quantitative estimate of drug-likeness (QED) is 0.615. The van der Waals surface area contributed by atoms with Crippen LogP contribution in [0.15, 0.2) is 12.7 Å². The van der Waals surface area contributed by atoms with Crippen LogP contribution in [0.5, 0.6) is 0 Å². The first-order chi connectivity index (χ1) is 4.99. The molecule has 1 N–H and O–H groups in total. The van der Waals surface area contributed by atoms with Gasteiger partial charge in [-0.05, 0) is 18.4 Å². The molecule has 1 heteroatoms. The second-order valence-corrected chi connectivity index (χ2v) is 4.16. The van der Waals surface area contributed by atoms with Gasteiger partial charge in [-0.15, -0.1) is 6.58 Å². The minimum Gasteiger partial charge on any atom is -0.311 e. The van der Waals surface area contributed by atoms with Crippen LogP contribution in [0, 0.1) is 5.41 Å². The molecule has 0 radical (unpaired) electrons. The lowest BCUT2D eigenvalue weighted by Gasteiger charge is -2.24. The third kappa shape index (κ3) is 6.11. The summed E-state index contributed by atoms with van der Waals surface area (Å²) in [7, 11) is 0. The Kier molecular flexibility index (Phi) is 4.43. The molecule has 0 saturated carbocycles. The molecule has 0 heterocycles. The highest BCUT2D eigenvalue weighted by Gasteiger charge is 2.14. The highest BCUT2D eigenvalue weighted by molar-refractivity contribution is 4.88. The van der Waals surface area contributed by atoms with Gasteiger partial charge >= 0.3 is 0 Å². The van der Waals surface area contributed by atoms with Gasteiger partial charge in [-0.25, -0.2) is 0 Å². The van der Waals surface area contributed by atoms with Crippen molar-refractivity contribution < 1.29 is 0 Å². The zero-order valence-corrected chi connectivity index (χ0v) is 8.28. The SMILES string of the molecule is C=CC(CC(C)(C)C)NCC. The van der Waals surface area contributed by atoms with E-state index in [9.17, 15) is 0 Å². The van der Waals surface area contributed by atoms with Crippen molar-refractivity contribution >= 4 is 0 Å². The third-order valence-corrected chi connectivity index (χ3v) is 1.58. The highest BCUT2D eigenvalue weighted by atomic mass is 14.9. The number of likely N-dealkylation sites (N-methyl/N-ethyl adjacent to an activating group) is 1. The molecule has 0 amide bonds. The predicted molar refractivity (Wildman–Crippen MR) is 51.7 cm³/mol. The molecule has 0 aliphatic rings. The van der Waals surface area contributed by atoms with Crippen molar-refractivity contribution in [2.75, 3.05) is 6.54 Å². The van der Waals surface area contributed by atoms with Crippen molar-refractivity contribution in [2.45, 2.75) is 40.2 Å². The van der Waals surface area contributed by atoms with Crippen molar-refractivity contribution in [3.63, 3.8) is 0 Å². The Balaban J connectivity index is 3.77. The normalized spacial score (nSPS) is 14.5. The standard InChI is InChI=1S/C10H21N/c1-6-9(11-7-2)8-10(3,4)5/h6,9,11H,1,7-8H2,2-5H3. The topological polar surface area (TPSA) is 12.0 Å². The summed E-state index contributed by atoms with van der Waals surface area (Å²) in [6.45, 7) is 13.7. The average Bonchev–Trinajstić information content (AvgIpc) is 1.84. The molecule has 1 unspecified atom stereocenters. The van der Waals surface area contributed by atoms with Crippen molar-refractivity contribution in [3.05, 3.63) is 12.7 Å². The van der Waals surface area contributed by atoms with E-state index in [2.05, 4.69) is 39.6 Å². The van der Waals surface area contributed by atoms with Crippen molar-refractivity contribution in [1.82, 2.24) is 5.32 Å². The maximum Gasteiger partial charge on any atom is 0.0252 e. The van der Waals surface area contributed by atoms with Crippen LogP contribution in [-0.4, -0.2) is 12.6 Å². The monoisotopic (exact) mass is 155 g/mol. The molecule has 0 aliphatic heterocycles. The van der Waals surface area contributed by atoms with E-state index in [1.807, 2.05) is 6.08 Å². The van der Waals surface area contributed by atoms with Crippen LogP contribution in [0.25, 0.3) is 0 Å². The van der Waals surface area contributed by atoms with Crippen LogP contribution >= 0.6 is 0 Å². The molecule has 11 heavy (non-hydrogen) atoms. The lowest BCUT2D eigenvalue weighted by atomic mass is 9.88. The summed E-state index contributed by atoms with van der Waals surface area (Å²) in [4.78, 5) is 0. The molecule has 0 aromatic heterocycles. The lowest BCUT2D eigenvalue weighted by Crippen LogP contribution is -2.30. The molecule has 0 saturated heterocycles. The van der Waals surface area contributed by atoms with Gasteiger partial charge in [-0.1, -0.05) is 33.8 Å². The lowest BCUT2D eigenvalue weighted by molar-refractivity contribution is 0.338. The van der Waals surface area contributed by atoms with Crippen LogP contribution in [0.2, 0.25) is 0 Å². The van der Waals surface area contributed by atoms with E-state index < -0.39 is 0 Å². The Morgan fingerprint density at radius 2 is 2.00 bits per heavy atom. The van der Waals surface area contributed by atoms with Crippen molar-refractivity contribution in [3.8, 4) is 0 Å². The van der Waals surface area contributed by atoms with Gasteiger partial charge < -0.3 is 5.32 Å². The molecular weight excluding hydrogens is 134 g/mol. The van der Waals surface area contributed by atoms with Crippen LogP contribution in [0.1, 0.15) is 34.1 Å². The first-order valence-electron chi connectivity index (χ1n) is 4.35. The van der Waals surface area contributed by atoms with Gasteiger partial charge in [0.05, 0.1) is 0 Å². The molecule has 66 valence electrons. The van der Waals surface area contributed by atoms with Gasteiger partial charge in [-0.2, -0.15) is 0 Å². The molecule has 0 bridgehead atoms. The molecule has 1 atom stereocenters. The zero-order valence-electron chi connectivity index (χ0n) is 8.28. The van der Waals surface area contributed by atoms with Crippen molar-refractivity contribution in [1.29, 1.82) is 0 Å². The van der Waals surface area contributed by atoms with Gasteiger partial charge in [0.25, 0.3) is 0 Å². The molecular formula is C10H21N. The van der Waals surface area contributed by atoms with Gasteiger partial charge in [-0.3, -0.25) is 0 Å². The molecule has 0 fully saturated rings. The third-order valence-electron chi connectivity index (χ3n) is 1.58. The zero-order chi connectivity index (χ0) is 8.91. The van der Waals surface area contributed by atoms with Gasteiger partial charge in [0.1, 0.15) is 0 Å². The fourth-order valence-electron chi connectivity index (χ4n) is 1.16. The highest BCUT2D eigenvalue weighted by Crippen LogP contribution is 2.20. The van der Waals surface area contributed by atoms with Crippen LogP contribution in [-0.2, 0) is 0 Å². The largest absolute Gasteiger partial charge is 0.311 e. The van der Waals surface area contributed by atoms with E-state index in [-0.39, 0.29) is 0 Å². The minimum atomic E-state index is 0.390. The molecule has 0 rings (SSSR count). The first-order valence-corrected chi connectivity index (χ1v) is 4.35. The summed E-state index contributed by atoms with van der Waals surface area (Å²) >= 11 is 0. The number of hydrogen-bond donors (Lipinski definition) is 1. The summed E-state index contributed by atoms with van der Waals surface area (Å²) in [6.07, 6.45) is 3.15. The summed E-state index contributed by atoms with van der Waals surface area (Å²) < 4.78 is 0. The summed E-state index contributed by atoms with van der Waals surface area (Å²) in [5.74, 6) is 0. The van der Waals surface area contributed by atoms with Gasteiger partial charge in [0.15, 0.2) is 0 Å². The molecule has 0 aromatic carbocycles. The van der Waals surface area contributed by atoms with E-state index in [1.54, 1.807) is 0 Å². The van der Waals surface area contributed by atoms with Crippen LogP contribution in [0.4, 0.5) is 0 Å². The van der Waals surface area contributed by atoms with Gasteiger partial charge in [0, 0.05) is 6.04 Å². The molecule has 1 nitrogen and oxygen atoms in total. The summed E-state index contributed by atoms with van der Waals surface area (Å²) in [5.41, 5.74) is 0.390. The van der Waals surface area contributed by atoms with Crippen LogP contribution in [0.3, 0.4) is 0 Å². The Bertz CT molecular complexity index is 111. The number of rotatable bonds is 4. The van der Waals surface area contributed by atoms with Crippen LogP contribution < -0.4 is 5.32 Å². The van der Waals surface area contributed by atoms with E-state index >= 15 is 0 Å². The molecule has 0 aromatic rings. The maximum absolute atomic E-state index is 3.80. The minimum absolute atomic E-state index is 0.390. The second-order valence-electron chi connectivity index (χ2n) is 4.16. The van der Waals surface area contributed by atoms with Crippen molar-refractivity contribution in [2.24, 2.45) is 5.41 Å². The van der Waals surface area contributed by atoms with Gasteiger partial charge in [0.2, 0.25) is 0 Å². The second kappa shape index (κ2) is 4.55. The van der Waals surface area contributed by atoms with E-state index in [1.165, 1.54) is 0 Å². The number of nitrogens with one attached hydrogen (secondary N) is 1. The summed E-state index contributed by atoms with van der Waals surface area (Å²) in [5, 5.41) is 3.37. The first kappa shape index (κ1) is 10.7. The maximum atomic E-state index is 3.80. The Hall–Kier alpha value is -0.300. The average molecular weight is 155 g/mol. The Labute approximate surface area is 70.9 Å². The Morgan fingerprint density at radius 1 is 1.45 bits per heavy atom. The van der Waals surface area contributed by atoms with E-state index in [0.29, 0.717) is 11.5 Å². The smallest absolute Gasteiger partial charge is 0.0252 e. The van der Waals surface area contributed by atoms with E-state index in [0.717, 1.165) is 13.0 Å². The summed E-state index contributed by atoms with van der Waals surface area (Å²) in [6, 6.07) is 0.472. The van der Waals surface area contributed by atoms with E-state index in [4.69, 9.17) is 0 Å². The fraction of sp³-hybridized carbons (Fsp3) is 0.800.